The summed E-state index contributed by atoms with van der Waals surface area (Å²) in [6.45, 7) is 0.676. The first-order valence-electron chi connectivity index (χ1n) is 5.81. The van der Waals surface area contributed by atoms with Gasteiger partial charge in [0.1, 0.15) is 18.1 Å². The molecule has 8 heteroatoms. The molecule has 4 nitrogen and oxygen atoms in total. The van der Waals surface area contributed by atoms with Gasteiger partial charge in [0.25, 0.3) is 6.47 Å². The first kappa shape index (κ1) is 18.8. The third-order valence-corrected chi connectivity index (χ3v) is 5.83. The van der Waals surface area contributed by atoms with Crippen molar-refractivity contribution in [3.63, 3.8) is 0 Å². The molecule has 116 valence electrons. The molecule has 0 aliphatic heterocycles. The highest BCUT2D eigenvalue weighted by Gasteiger charge is 2.13. The van der Waals surface area contributed by atoms with Gasteiger partial charge in [0.2, 0.25) is 0 Å². The molecule has 0 aromatic heterocycles. The average Bonchev–Trinajstić information content (AvgIpc) is 2.46. The summed E-state index contributed by atoms with van der Waals surface area (Å²) in [6.07, 6.45) is 0. The topological polar surface area (TPSA) is 55.8 Å². The zero-order valence-corrected chi connectivity index (χ0v) is 19.4. The Balaban J connectivity index is 2.32. The number of carbonyl (C=O) groups excluding carboxylic acids is 1. The van der Waals surface area contributed by atoms with Crippen LogP contribution in [0.5, 0.6) is 17.2 Å². The van der Waals surface area contributed by atoms with E-state index in [-0.39, 0.29) is 12.4 Å². The van der Waals surface area contributed by atoms with Gasteiger partial charge in [-0.3, -0.25) is 4.79 Å². The third-order valence-electron chi connectivity index (χ3n) is 2.59. The molecular formula is C14H8I4O4. The molecule has 0 heterocycles. The van der Waals surface area contributed by atoms with Gasteiger partial charge in [0, 0.05) is 0 Å². The maximum Gasteiger partial charge on any atom is 0.293 e. The van der Waals surface area contributed by atoms with Crippen molar-refractivity contribution in [2.45, 2.75) is 6.61 Å². The minimum absolute atomic E-state index is 0.241. The van der Waals surface area contributed by atoms with Crippen LogP contribution in [0.15, 0.2) is 24.3 Å². The fourth-order valence-electron chi connectivity index (χ4n) is 1.64. The number of phenolic OH excluding ortho intramolecular Hbond substituents is 1. The fraction of sp³-hybridized carbons (Fsp3) is 0.0714. The lowest BCUT2D eigenvalue weighted by Crippen LogP contribution is -1.97. The predicted molar refractivity (Wildman–Crippen MR) is 116 cm³/mol. The summed E-state index contributed by atoms with van der Waals surface area (Å²) in [6, 6.07) is 7.40. The van der Waals surface area contributed by atoms with Gasteiger partial charge in [-0.2, -0.15) is 0 Å². The smallest absolute Gasteiger partial charge is 0.293 e. The quantitative estimate of drug-likeness (QED) is 0.335. The minimum Gasteiger partial charge on any atom is -0.506 e. The lowest BCUT2D eigenvalue weighted by molar-refractivity contribution is -0.129. The van der Waals surface area contributed by atoms with Gasteiger partial charge in [-0.05, 0) is 120 Å². The fourth-order valence-corrected chi connectivity index (χ4v) is 5.47. The van der Waals surface area contributed by atoms with Crippen molar-refractivity contribution in [3.8, 4) is 17.2 Å². The van der Waals surface area contributed by atoms with E-state index in [0.29, 0.717) is 12.2 Å². The summed E-state index contributed by atoms with van der Waals surface area (Å²) in [5.41, 5.74) is 0.906. The van der Waals surface area contributed by atoms with Crippen LogP contribution in [-0.2, 0) is 16.1 Å². The van der Waals surface area contributed by atoms with Crippen molar-refractivity contribution in [1.82, 2.24) is 0 Å². The van der Waals surface area contributed by atoms with E-state index < -0.39 is 0 Å². The normalized spacial score (nSPS) is 10.4. The molecule has 0 atom stereocenters. The molecule has 0 unspecified atom stereocenters. The van der Waals surface area contributed by atoms with Gasteiger partial charge in [0.05, 0.1) is 14.3 Å². The molecule has 0 saturated carbocycles. The molecule has 0 bridgehead atoms. The number of hydrogen-bond acceptors (Lipinski definition) is 4. The van der Waals surface area contributed by atoms with Crippen molar-refractivity contribution in [1.29, 1.82) is 0 Å². The van der Waals surface area contributed by atoms with Crippen LogP contribution in [-0.4, -0.2) is 11.6 Å². The summed E-state index contributed by atoms with van der Waals surface area (Å²) in [5, 5.41) is 9.81. The van der Waals surface area contributed by atoms with Crippen molar-refractivity contribution >= 4 is 96.8 Å². The van der Waals surface area contributed by atoms with Crippen LogP contribution in [0.3, 0.4) is 0 Å². The standard InChI is InChI=1S/C14H8I4O4/c15-9-3-8(4-10(16)13(9)20)22-14-11(17)1-7(2-12(14)18)5-21-6-19/h1-4,6,20H,5H2. The Morgan fingerprint density at radius 3 is 2.00 bits per heavy atom. The molecule has 2 aromatic carbocycles. The zero-order chi connectivity index (χ0) is 16.3. The van der Waals surface area contributed by atoms with E-state index in [1.807, 2.05) is 12.1 Å². The number of hydrogen-bond donors (Lipinski definition) is 1. The second-order valence-electron chi connectivity index (χ2n) is 4.13. The van der Waals surface area contributed by atoms with Crippen LogP contribution in [0.1, 0.15) is 5.56 Å². The van der Waals surface area contributed by atoms with Crippen LogP contribution in [0.2, 0.25) is 0 Å². The number of phenols is 1. The number of benzene rings is 2. The molecule has 2 rings (SSSR count). The van der Waals surface area contributed by atoms with Crippen molar-refractivity contribution in [2.24, 2.45) is 0 Å². The van der Waals surface area contributed by atoms with E-state index in [1.165, 1.54) is 0 Å². The monoisotopic (exact) mass is 748 g/mol. The summed E-state index contributed by atoms with van der Waals surface area (Å²) >= 11 is 8.51. The molecule has 0 amide bonds. The summed E-state index contributed by atoms with van der Waals surface area (Å²) in [7, 11) is 0. The molecular weight excluding hydrogens is 740 g/mol. The highest BCUT2D eigenvalue weighted by Crippen LogP contribution is 2.36. The largest absolute Gasteiger partial charge is 0.506 e. The molecule has 0 fully saturated rings. The van der Waals surface area contributed by atoms with Crippen LogP contribution >= 0.6 is 90.4 Å². The van der Waals surface area contributed by atoms with E-state index >= 15 is 0 Å². The molecule has 0 aliphatic rings. The number of carbonyl (C=O) groups is 1. The van der Waals surface area contributed by atoms with E-state index in [9.17, 15) is 9.90 Å². The first-order chi connectivity index (χ1) is 10.4. The second kappa shape index (κ2) is 8.50. The van der Waals surface area contributed by atoms with Gasteiger partial charge >= 0.3 is 0 Å². The Morgan fingerprint density at radius 1 is 0.955 bits per heavy atom. The van der Waals surface area contributed by atoms with Crippen LogP contribution in [0.4, 0.5) is 0 Å². The molecule has 1 N–H and O–H groups in total. The van der Waals surface area contributed by atoms with Crippen molar-refractivity contribution < 1.29 is 19.4 Å². The first-order valence-corrected chi connectivity index (χ1v) is 10.1. The van der Waals surface area contributed by atoms with E-state index in [1.54, 1.807) is 12.1 Å². The average molecular weight is 748 g/mol. The van der Waals surface area contributed by atoms with Crippen molar-refractivity contribution in [3.05, 3.63) is 44.1 Å². The summed E-state index contributed by atoms with van der Waals surface area (Å²) in [4.78, 5) is 10.3. The predicted octanol–water partition coefficient (Wildman–Crippen LogP) is 5.28. The summed E-state index contributed by atoms with van der Waals surface area (Å²) < 4.78 is 14.1. The van der Waals surface area contributed by atoms with Crippen LogP contribution < -0.4 is 4.74 Å². The van der Waals surface area contributed by atoms with E-state index in [2.05, 4.69) is 90.4 Å². The maximum absolute atomic E-state index is 10.3. The Hall–Kier alpha value is 0.430. The van der Waals surface area contributed by atoms with E-state index in [0.717, 1.165) is 25.6 Å². The lowest BCUT2D eigenvalue weighted by Gasteiger charge is -2.13. The van der Waals surface area contributed by atoms with Gasteiger partial charge < -0.3 is 14.6 Å². The van der Waals surface area contributed by atoms with Gasteiger partial charge in [-0.25, -0.2) is 0 Å². The Kier molecular flexibility index (Phi) is 7.25. The molecule has 0 spiro atoms. The Bertz CT molecular complexity index is 672. The maximum atomic E-state index is 10.3. The molecule has 22 heavy (non-hydrogen) atoms. The minimum atomic E-state index is 0.241. The lowest BCUT2D eigenvalue weighted by atomic mass is 10.2. The van der Waals surface area contributed by atoms with Gasteiger partial charge in [0.15, 0.2) is 5.75 Å². The SMILES string of the molecule is O=COCc1cc(I)c(Oc2cc(I)c(O)c(I)c2)c(I)c1. The summed E-state index contributed by atoms with van der Waals surface area (Å²) in [5.74, 6) is 1.67. The highest BCUT2D eigenvalue weighted by atomic mass is 127. The molecule has 2 aromatic rings. The van der Waals surface area contributed by atoms with Gasteiger partial charge in [-0.1, -0.05) is 0 Å². The molecule has 0 saturated heterocycles. The number of ether oxygens (including phenoxy) is 2. The second-order valence-corrected chi connectivity index (χ2v) is 8.78. The number of rotatable bonds is 5. The number of aromatic hydroxyl groups is 1. The van der Waals surface area contributed by atoms with Crippen molar-refractivity contribution in [2.75, 3.05) is 0 Å². The van der Waals surface area contributed by atoms with E-state index in [4.69, 9.17) is 9.47 Å². The van der Waals surface area contributed by atoms with Crippen LogP contribution in [0.25, 0.3) is 0 Å². The Morgan fingerprint density at radius 2 is 1.50 bits per heavy atom. The number of halogens is 4. The zero-order valence-electron chi connectivity index (χ0n) is 10.8. The highest BCUT2D eigenvalue weighted by molar-refractivity contribution is 14.1. The Labute approximate surface area is 181 Å². The molecule has 0 aliphatic carbocycles. The van der Waals surface area contributed by atoms with Crippen LogP contribution in [0, 0.1) is 14.3 Å². The third kappa shape index (κ3) is 4.72. The van der Waals surface area contributed by atoms with Gasteiger partial charge in [-0.15, -0.1) is 0 Å². The molecule has 0 radical (unpaired) electrons.